The summed E-state index contributed by atoms with van der Waals surface area (Å²) in [5, 5.41) is 3.96. The Kier molecular flexibility index (Phi) is 5.20. The highest BCUT2D eigenvalue weighted by Crippen LogP contribution is 2.36. The second-order valence-electron chi connectivity index (χ2n) is 5.14. The van der Waals surface area contributed by atoms with Gasteiger partial charge in [-0.3, -0.25) is 0 Å². The third-order valence-electron chi connectivity index (χ3n) is 3.68. The van der Waals surface area contributed by atoms with Gasteiger partial charge in [-0.25, -0.2) is 4.39 Å². The van der Waals surface area contributed by atoms with Gasteiger partial charge in [0.15, 0.2) is 0 Å². The Balaban J connectivity index is 2.10. The molecule has 1 aliphatic rings. The lowest BCUT2D eigenvalue weighted by Gasteiger charge is -2.27. The van der Waals surface area contributed by atoms with Gasteiger partial charge in [-0.15, -0.1) is 0 Å². The molecule has 1 aliphatic carbocycles. The van der Waals surface area contributed by atoms with Crippen molar-refractivity contribution in [2.75, 3.05) is 13.7 Å². The highest BCUT2D eigenvalue weighted by atomic mass is 35.5. The number of halogens is 2. The predicted molar refractivity (Wildman–Crippen MR) is 76.1 cm³/mol. The van der Waals surface area contributed by atoms with E-state index in [0.29, 0.717) is 10.9 Å². The van der Waals surface area contributed by atoms with Gasteiger partial charge in [-0.2, -0.15) is 0 Å². The number of hydrogen-bond donors (Lipinski definition) is 1. The van der Waals surface area contributed by atoms with Crippen LogP contribution < -0.4 is 5.32 Å². The first kappa shape index (κ1) is 14.8. The van der Waals surface area contributed by atoms with Crippen LogP contribution in [0.2, 0.25) is 5.02 Å². The molecule has 0 aromatic heterocycles. The average Bonchev–Trinajstić information content (AvgIpc) is 3.18. The maximum atomic E-state index is 13.1. The van der Waals surface area contributed by atoms with Crippen LogP contribution >= 0.6 is 11.6 Å². The molecule has 1 N–H and O–H groups in total. The van der Waals surface area contributed by atoms with E-state index in [9.17, 15) is 4.39 Å². The van der Waals surface area contributed by atoms with Gasteiger partial charge in [0.05, 0.1) is 6.10 Å². The first-order valence-electron chi connectivity index (χ1n) is 6.85. The summed E-state index contributed by atoms with van der Waals surface area (Å²) in [4.78, 5) is 0. The minimum Gasteiger partial charge on any atom is -0.380 e. The number of likely N-dealkylation sites (N-methyl/N-ethyl adjacent to an activating group) is 1. The molecular weight excluding hydrogens is 265 g/mol. The van der Waals surface area contributed by atoms with Crippen molar-refractivity contribution in [3.63, 3.8) is 0 Å². The number of nitrogens with one attached hydrogen (secondary N) is 1. The number of rotatable bonds is 7. The lowest BCUT2D eigenvalue weighted by molar-refractivity contribution is 0.0516. The maximum Gasteiger partial charge on any atom is 0.124 e. The Labute approximate surface area is 119 Å². The summed E-state index contributed by atoms with van der Waals surface area (Å²) in [5.74, 6) is 0.354. The largest absolute Gasteiger partial charge is 0.380 e. The van der Waals surface area contributed by atoms with Crippen LogP contribution in [0.1, 0.15) is 25.3 Å². The molecule has 1 saturated carbocycles. The van der Waals surface area contributed by atoms with E-state index in [1.165, 1.54) is 25.0 Å². The van der Waals surface area contributed by atoms with Gasteiger partial charge >= 0.3 is 0 Å². The summed E-state index contributed by atoms with van der Waals surface area (Å²) >= 11 is 6.11. The SMILES string of the molecule is CCNC(Cc1ccc(F)cc1Cl)C(OC)C1CC1. The third kappa shape index (κ3) is 3.91. The molecule has 1 aromatic carbocycles. The van der Waals surface area contributed by atoms with Gasteiger partial charge < -0.3 is 10.1 Å². The normalized spacial score (nSPS) is 18.3. The predicted octanol–water partition coefficient (Wildman–Crippen LogP) is 3.42. The van der Waals surface area contributed by atoms with Crippen LogP contribution in [0.25, 0.3) is 0 Å². The molecule has 0 saturated heterocycles. The summed E-state index contributed by atoms with van der Waals surface area (Å²) in [5.41, 5.74) is 0.969. The molecule has 106 valence electrons. The Morgan fingerprint density at radius 1 is 1.47 bits per heavy atom. The van der Waals surface area contributed by atoms with E-state index in [0.717, 1.165) is 18.5 Å². The summed E-state index contributed by atoms with van der Waals surface area (Å²) in [6, 6.07) is 4.83. The van der Waals surface area contributed by atoms with E-state index in [1.807, 2.05) is 0 Å². The second kappa shape index (κ2) is 6.69. The minimum atomic E-state index is -0.292. The molecule has 2 rings (SSSR count). The maximum absolute atomic E-state index is 13.1. The van der Waals surface area contributed by atoms with Crippen molar-refractivity contribution in [2.24, 2.45) is 5.92 Å². The van der Waals surface area contributed by atoms with Gasteiger partial charge in [0.25, 0.3) is 0 Å². The van der Waals surface area contributed by atoms with E-state index in [4.69, 9.17) is 16.3 Å². The van der Waals surface area contributed by atoms with Gasteiger partial charge in [0, 0.05) is 18.2 Å². The average molecular weight is 286 g/mol. The Morgan fingerprint density at radius 3 is 2.74 bits per heavy atom. The lowest BCUT2D eigenvalue weighted by atomic mass is 9.98. The highest BCUT2D eigenvalue weighted by molar-refractivity contribution is 6.31. The van der Waals surface area contributed by atoms with Gasteiger partial charge in [0.1, 0.15) is 5.82 Å². The van der Waals surface area contributed by atoms with Crippen LogP contribution in [0.5, 0.6) is 0 Å². The number of benzene rings is 1. The fraction of sp³-hybridized carbons (Fsp3) is 0.600. The Hall–Kier alpha value is -0.640. The standard InChI is InChI=1S/C15H21ClFNO/c1-3-18-14(15(19-2)10-4-5-10)8-11-6-7-12(17)9-13(11)16/h6-7,9-10,14-15,18H,3-5,8H2,1-2H3. The summed E-state index contributed by atoms with van der Waals surface area (Å²) < 4.78 is 18.7. The molecule has 2 nitrogen and oxygen atoms in total. The van der Waals surface area contributed by atoms with E-state index in [1.54, 1.807) is 13.2 Å². The van der Waals surface area contributed by atoms with Gasteiger partial charge in [0.2, 0.25) is 0 Å². The molecule has 2 atom stereocenters. The van der Waals surface area contributed by atoms with Crippen molar-refractivity contribution < 1.29 is 9.13 Å². The first-order valence-corrected chi connectivity index (χ1v) is 7.23. The summed E-state index contributed by atoms with van der Waals surface area (Å²) in [7, 11) is 1.76. The van der Waals surface area contributed by atoms with Gasteiger partial charge in [-0.05, 0) is 49.4 Å². The van der Waals surface area contributed by atoms with Crippen molar-refractivity contribution in [3.8, 4) is 0 Å². The van der Waals surface area contributed by atoms with E-state index in [-0.39, 0.29) is 18.0 Å². The highest BCUT2D eigenvalue weighted by Gasteiger charge is 2.36. The fourth-order valence-corrected chi connectivity index (χ4v) is 2.85. The van der Waals surface area contributed by atoms with Crippen molar-refractivity contribution in [1.29, 1.82) is 0 Å². The topological polar surface area (TPSA) is 21.3 Å². The number of hydrogen-bond acceptors (Lipinski definition) is 2. The van der Waals surface area contributed by atoms with Crippen molar-refractivity contribution in [2.45, 2.75) is 38.3 Å². The third-order valence-corrected chi connectivity index (χ3v) is 4.03. The van der Waals surface area contributed by atoms with Crippen LogP contribution in [0.15, 0.2) is 18.2 Å². The van der Waals surface area contributed by atoms with Crippen molar-refractivity contribution in [1.82, 2.24) is 5.32 Å². The van der Waals surface area contributed by atoms with Crippen LogP contribution in [0.3, 0.4) is 0 Å². The molecule has 0 spiro atoms. The molecule has 4 heteroatoms. The molecule has 0 bridgehead atoms. The van der Waals surface area contributed by atoms with Crippen LogP contribution in [-0.4, -0.2) is 25.8 Å². The van der Waals surface area contributed by atoms with E-state index in [2.05, 4.69) is 12.2 Å². The first-order chi connectivity index (χ1) is 9.15. The van der Waals surface area contributed by atoms with Crippen LogP contribution in [-0.2, 0) is 11.2 Å². The lowest BCUT2D eigenvalue weighted by Crippen LogP contribution is -2.43. The second-order valence-corrected chi connectivity index (χ2v) is 5.55. The molecule has 19 heavy (non-hydrogen) atoms. The summed E-state index contributed by atoms with van der Waals surface area (Å²) in [6.07, 6.45) is 3.44. The summed E-state index contributed by atoms with van der Waals surface area (Å²) in [6.45, 7) is 2.97. The molecule has 1 aromatic rings. The molecule has 1 fully saturated rings. The minimum absolute atomic E-state index is 0.209. The molecule has 0 heterocycles. The smallest absolute Gasteiger partial charge is 0.124 e. The monoisotopic (exact) mass is 285 g/mol. The van der Waals surface area contributed by atoms with Crippen LogP contribution in [0.4, 0.5) is 4.39 Å². The zero-order valence-corrected chi connectivity index (χ0v) is 12.2. The number of ether oxygens (including phenoxy) is 1. The quantitative estimate of drug-likeness (QED) is 0.829. The Bertz CT molecular complexity index is 423. The van der Waals surface area contributed by atoms with Crippen molar-refractivity contribution >= 4 is 11.6 Å². The van der Waals surface area contributed by atoms with Gasteiger partial charge in [-0.1, -0.05) is 24.6 Å². The molecule has 0 radical (unpaired) electrons. The Morgan fingerprint density at radius 2 is 2.21 bits per heavy atom. The zero-order valence-electron chi connectivity index (χ0n) is 11.5. The van der Waals surface area contributed by atoms with Crippen molar-refractivity contribution in [3.05, 3.63) is 34.6 Å². The van der Waals surface area contributed by atoms with E-state index >= 15 is 0 Å². The molecule has 0 amide bonds. The molecule has 0 aliphatic heterocycles. The molecule has 2 unspecified atom stereocenters. The number of methoxy groups -OCH3 is 1. The zero-order chi connectivity index (χ0) is 13.8. The molecular formula is C15H21ClFNO. The van der Waals surface area contributed by atoms with Crippen LogP contribution in [0, 0.1) is 11.7 Å². The fourth-order valence-electron chi connectivity index (χ4n) is 2.60. The van der Waals surface area contributed by atoms with E-state index < -0.39 is 0 Å².